The van der Waals surface area contributed by atoms with Crippen LogP contribution >= 0.6 is 0 Å². The highest BCUT2D eigenvalue weighted by Gasteiger charge is 2.31. The van der Waals surface area contributed by atoms with Gasteiger partial charge in [0.2, 0.25) is 0 Å². The molecule has 0 radical (unpaired) electrons. The Balaban J connectivity index is 3.21. The van der Waals surface area contributed by atoms with Crippen molar-refractivity contribution in [3.63, 3.8) is 0 Å². The fourth-order valence-corrected chi connectivity index (χ4v) is 2.12. The molecule has 0 saturated carbocycles. The molecule has 0 bridgehead atoms. The van der Waals surface area contributed by atoms with Crippen LogP contribution in [0.1, 0.15) is 48.2 Å². The van der Waals surface area contributed by atoms with Crippen molar-refractivity contribution in [2.24, 2.45) is 5.73 Å². The molecule has 1 aromatic rings. The molecular weight excluding hydrogens is 217 g/mol. The van der Waals surface area contributed by atoms with Crippen LogP contribution < -0.4 is 5.73 Å². The molecule has 94 valence electrons. The van der Waals surface area contributed by atoms with Gasteiger partial charge in [0.15, 0.2) is 5.78 Å². The lowest BCUT2D eigenvalue weighted by molar-refractivity contribution is 0.0888. The minimum Gasteiger partial charge on any atom is -0.319 e. The Bertz CT molecular complexity index is 415. The highest BCUT2D eigenvalue weighted by atomic mass is 19.1. The third kappa shape index (κ3) is 2.91. The molecule has 0 aliphatic rings. The highest BCUT2D eigenvalue weighted by Crippen LogP contribution is 2.22. The lowest BCUT2D eigenvalue weighted by atomic mass is 9.86. The number of ketones is 1. The zero-order chi connectivity index (χ0) is 13.2. The van der Waals surface area contributed by atoms with Crippen LogP contribution in [0.2, 0.25) is 0 Å². The molecule has 3 heteroatoms. The predicted molar refractivity (Wildman–Crippen MR) is 67.7 cm³/mol. The zero-order valence-electron chi connectivity index (χ0n) is 10.9. The van der Waals surface area contributed by atoms with Crippen molar-refractivity contribution in [1.82, 2.24) is 0 Å². The minimum atomic E-state index is -0.990. The molecular formula is C14H20FNO. The van der Waals surface area contributed by atoms with Crippen molar-refractivity contribution in [2.45, 2.75) is 46.1 Å². The van der Waals surface area contributed by atoms with E-state index in [2.05, 4.69) is 0 Å². The van der Waals surface area contributed by atoms with Gasteiger partial charge >= 0.3 is 0 Å². The maximum Gasteiger partial charge on any atom is 0.185 e. The van der Waals surface area contributed by atoms with Gasteiger partial charge in [-0.15, -0.1) is 0 Å². The number of nitrogens with two attached hydrogens (primary N) is 1. The summed E-state index contributed by atoms with van der Waals surface area (Å²) in [6.45, 7) is 7.16. The van der Waals surface area contributed by atoms with E-state index in [9.17, 15) is 9.18 Å². The average Bonchev–Trinajstić information content (AvgIpc) is 2.15. The van der Waals surface area contributed by atoms with Crippen molar-refractivity contribution in [1.29, 1.82) is 0 Å². The Kier molecular flexibility index (Phi) is 4.04. The summed E-state index contributed by atoms with van der Waals surface area (Å²) < 4.78 is 13.9. The molecule has 1 unspecified atom stereocenters. The molecule has 0 saturated heterocycles. The standard InChI is InChI=1S/C14H20FNO/c1-5-6-14(4,16)13(17)12-10(3)7-9(2)8-11(12)15/h7-8H,5-6,16H2,1-4H3. The van der Waals surface area contributed by atoms with Gasteiger partial charge in [-0.2, -0.15) is 0 Å². The first kappa shape index (κ1) is 13.8. The largest absolute Gasteiger partial charge is 0.319 e. The molecule has 0 amide bonds. The van der Waals surface area contributed by atoms with Crippen molar-refractivity contribution >= 4 is 5.78 Å². The lowest BCUT2D eigenvalue weighted by Crippen LogP contribution is -2.45. The van der Waals surface area contributed by atoms with E-state index >= 15 is 0 Å². The Hall–Kier alpha value is -1.22. The summed E-state index contributed by atoms with van der Waals surface area (Å²) in [6.07, 6.45) is 1.35. The monoisotopic (exact) mass is 237 g/mol. The van der Waals surface area contributed by atoms with Gasteiger partial charge in [0.25, 0.3) is 0 Å². The number of carbonyl (C=O) groups excluding carboxylic acids is 1. The molecule has 1 rings (SSSR count). The quantitative estimate of drug-likeness (QED) is 0.817. The van der Waals surface area contributed by atoms with Gasteiger partial charge in [-0.1, -0.05) is 19.4 Å². The summed E-state index contributed by atoms with van der Waals surface area (Å²) in [6, 6.07) is 3.18. The molecule has 0 aliphatic carbocycles. The number of aryl methyl sites for hydroxylation is 2. The van der Waals surface area contributed by atoms with Gasteiger partial charge in [0, 0.05) is 0 Å². The van der Waals surface area contributed by atoms with Crippen LogP contribution in [-0.2, 0) is 0 Å². The maximum atomic E-state index is 13.9. The van der Waals surface area contributed by atoms with E-state index < -0.39 is 11.4 Å². The smallest absolute Gasteiger partial charge is 0.185 e. The molecule has 0 heterocycles. The molecule has 1 aromatic carbocycles. The zero-order valence-corrected chi connectivity index (χ0v) is 10.9. The summed E-state index contributed by atoms with van der Waals surface area (Å²) in [7, 11) is 0. The Morgan fingerprint density at radius 3 is 2.47 bits per heavy atom. The highest BCUT2D eigenvalue weighted by molar-refractivity contribution is 6.04. The van der Waals surface area contributed by atoms with E-state index in [0.717, 1.165) is 12.0 Å². The number of rotatable bonds is 4. The Labute approximate surface area is 102 Å². The Morgan fingerprint density at radius 1 is 1.41 bits per heavy atom. The van der Waals surface area contributed by atoms with Crippen LogP contribution in [0.5, 0.6) is 0 Å². The maximum absolute atomic E-state index is 13.9. The summed E-state index contributed by atoms with van der Waals surface area (Å²) in [4.78, 5) is 12.2. The Morgan fingerprint density at radius 2 is 2.00 bits per heavy atom. The van der Waals surface area contributed by atoms with E-state index in [1.54, 1.807) is 26.8 Å². The lowest BCUT2D eigenvalue weighted by Gasteiger charge is -2.23. The molecule has 2 N–H and O–H groups in total. The summed E-state index contributed by atoms with van der Waals surface area (Å²) >= 11 is 0. The molecule has 1 atom stereocenters. The summed E-state index contributed by atoms with van der Waals surface area (Å²) in [5.74, 6) is -0.783. The fourth-order valence-electron chi connectivity index (χ4n) is 2.12. The molecule has 0 aliphatic heterocycles. The molecule has 17 heavy (non-hydrogen) atoms. The second-order valence-electron chi connectivity index (χ2n) is 4.94. The van der Waals surface area contributed by atoms with Crippen LogP contribution in [-0.4, -0.2) is 11.3 Å². The number of carbonyl (C=O) groups is 1. The molecule has 2 nitrogen and oxygen atoms in total. The van der Waals surface area contributed by atoms with Crippen LogP contribution in [0.4, 0.5) is 4.39 Å². The normalized spacial score (nSPS) is 14.5. The van der Waals surface area contributed by atoms with Gasteiger partial charge in [-0.3, -0.25) is 4.79 Å². The number of Topliss-reactive ketones (excluding diaryl/α,β-unsaturated/α-hetero) is 1. The first-order valence-electron chi connectivity index (χ1n) is 5.90. The first-order chi connectivity index (χ1) is 7.79. The molecule has 0 fully saturated rings. The van der Waals surface area contributed by atoms with Gasteiger partial charge in [-0.25, -0.2) is 4.39 Å². The van der Waals surface area contributed by atoms with Gasteiger partial charge in [-0.05, 0) is 44.4 Å². The topological polar surface area (TPSA) is 43.1 Å². The number of hydrogen-bond donors (Lipinski definition) is 1. The van der Waals surface area contributed by atoms with E-state index in [4.69, 9.17) is 5.73 Å². The van der Waals surface area contributed by atoms with Crippen LogP contribution in [0.3, 0.4) is 0 Å². The van der Waals surface area contributed by atoms with E-state index in [1.165, 1.54) is 6.07 Å². The van der Waals surface area contributed by atoms with Crippen molar-refractivity contribution in [3.05, 3.63) is 34.6 Å². The second-order valence-corrected chi connectivity index (χ2v) is 4.94. The van der Waals surface area contributed by atoms with Crippen LogP contribution in [0, 0.1) is 19.7 Å². The summed E-state index contributed by atoms with van der Waals surface area (Å²) in [5.41, 5.74) is 6.57. The van der Waals surface area contributed by atoms with Crippen molar-refractivity contribution < 1.29 is 9.18 Å². The van der Waals surface area contributed by atoms with Crippen molar-refractivity contribution in [3.8, 4) is 0 Å². The second kappa shape index (κ2) is 4.96. The average molecular weight is 237 g/mol. The predicted octanol–water partition coefficient (Wildman–Crippen LogP) is 3.14. The number of halogens is 1. The summed E-state index contributed by atoms with van der Waals surface area (Å²) in [5, 5.41) is 0. The van der Waals surface area contributed by atoms with E-state index in [-0.39, 0.29) is 11.3 Å². The number of benzene rings is 1. The van der Waals surface area contributed by atoms with Gasteiger partial charge in [0.05, 0.1) is 11.1 Å². The molecule has 0 aromatic heterocycles. The van der Waals surface area contributed by atoms with Crippen molar-refractivity contribution in [2.75, 3.05) is 0 Å². The SMILES string of the molecule is CCCC(C)(N)C(=O)c1c(C)cc(C)cc1F. The number of hydrogen-bond acceptors (Lipinski definition) is 2. The van der Waals surface area contributed by atoms with E-state index in [0.29, 0.717) is 12.0 Å². The van der Waals surface area contributed by atoms with Crippen LogP contribution in [0.25, 0.3) is 0 Å². The fraction of sp³-hybridized carbons (Fsp3) is 0.500. The third-order valence-electron chi connectivity index (χ3n) is 2.95. The molecule has 0 spiro atoms. The first-order valence-corrected chi connectivity index (χ1v) is 5.90. The van der Waals surface area contributed by atoms with Gasteiger partial charge < -0.3 is 5.73 Å². The third-order valence-corrected chi connectivity index (χ3v) is 2.95. The van der Waals surface area contributed by atoms with E-state index in [1.807, 2.05) is 6.92 Å². The van der Waals surface area contributed by atoms with Crippen LogP contribution in [0.15, 0.2) is 12.1 Å². The van der Waals surface area contributed by atoms with Gasteiger partial charge in [0.1, 0.15) is 5.82 Å². The minimum absolute atomic E-state index is 0.133.